The minimum absolute atomic E-state index is 0.265. The molecule has 7 nitrogen and oxygen atoms in total. The third-order valence-corrected chi connectivity index (χ3v) is 6.45. The molecule has 0 amide bonds. The van der Waals surface area contributed by atoms with Gasteiger partial charge in [0, 0.05) is 24.0 Å². The first-order chi connectivity index (χ1) is 15.2. The number of H-pyrrole nitrogens is 2. The molecule has 2 N–H and O–H groups in total. The Labute approximate surface area is 179 Å². The summed E-state index contributed by atoms with van der Waals surface area (Å²) in [6.45, 7) is 2.92. The fraction of sp³-hybridized carbons (Fsp3) is 0.333. The third-order valence-electron chi connectivity index (χ3n) is 6.45. The molecular formula is C24H26N4O3. The quantitative estimate of drug-likeness (QED) is 0.522. The van der Waals surface area contributed by atoms with Gasteiger partial charge < -0.3 is 19.6 Å². The molecule has 0 unspecified atom stereocenters. The highest BCUT2D eigenvalue weighted by molar-refractivity contribution is 6.04. The van der Waals surface area contributed by atoms with Gasteiger partial charge in [-0.3, -0.25) is 9.36 Å². The van der Waals surface area contributed by atoms with Gasteiger partial charge in [-0.05, 0) is 49.5 Å². The smallest absolute Gasteiger partial charge is 0.328 e. The number of nitrogens with one attached hydrogen (secondary N) is 2. The van der Waals surface area contributed by atoms with Crippen LogP contribution < -0.4 is 16.0 Å². The van der Waals surface area contributed by atoms with E-state index in [2.05, 4.69) is 27.0 Å². The molecule has 1 fully saturated rings. The summed E-state index contributed by atoms with van der Waals surface area (Å²) in [6.07, 6.45) is 2.07. The van der Waals surface area contributed by atoms with Gasteiger partial charge in [0.2, 0.25) is 0 Å². The van der Waals surface area contributed by atoms with Crippen LogP contribution in [0, 0.1) is 0 Å². The fourth-order valence-electron chi connectivity index (χ4n) is 4.75. The maximum Gasteiger partial charge on any atom is 0.328 e. The van der Waals surface area contributed by atoms with Crippen LogP contribution in [0.5, 0.6) is 5.75 Å². The summed E-state index contributed by atoms with van der Waals surface area (Å²) < 4.78 is 6.83. The summed E-state index contributed by atoms with van der Waals surface area (Å²) in [4.78, 5) is 34.0. The van der Waals surface area contributed by atoms with Crippen LogP contribution >= 0.6 is 0 Å². The molecule has 2 aromatic heterocycles. The lowest BCUT2D eigenvalue weighted by Gasteiger charge is -2.32. The third kappa shape index (κ3) is 3.55. The number of nitrogens with zero attached hydrogens (tertiary/aromatic N) is 2. The fourth-order valence-corrected chi connectivity index (χ4v) is 4.75. The topological polar surface area (TPSA) is 83.1 Å². The number of methoxy groups -OCH3 is 1. The van der Waals surface area contributed by atoms with Crippen molar-refractivity contribution in [2.24, 2.45) is 0 Å². The number of benzene rings is 2. The van der Waals surface area contributed by atoms with Crippen molar-refractivity contribution >= 4 is 21.9 Å². The van der Waals surface area contributed by atoms with Gasteiger partial charge in [0.25, 0.3) is 5.56 Å². The van der Waals surface area contributed by atoms with Crippen LogP contribution in [0.25, 0.3) is 21.9 Å². The number of hydrogen-bond donors (Lipinski definition) is 2. The van der Waals surface area contributed by atoms with E-state index in [0.29, 0.717) is 30.0 Å². The molecule has 1 aliphatic rings. The van der Waals surface area contributed by atoms with Crippen LogP contribution in [0.1, 0.15) is 24.3 Å². The van der Waals surface area contributed by atoms with Gasteiger partial charge in [-0.1, -0.05) is 36.4 Å². The first-order valence-corrected chi connectivity index (χ1v) is 10.7. The van der Waals surface area contributed by atoms with Crippen molar-refractivity contribution in [1.82, 2.24) is 19.4 Å². The number of fused-ring (bicyclic) bond motifs is 3. The molecule has 1 aliphatic heterocycles. The summed E-state index contributed by atoms with van der Waals surface area (Å²) in [7, 11) is 1.72. The number of hydrogen-bond acceptors (Lipinski definition) is 4. The molecule has 7 heteroatoms. The Morgan fingerprint density at radius 1 is 0.935 bits per heavy atom. The van der Waals surface area contributed by atoms with Gasteiger partial charge in [0.15, 0.2) is 0 Å². The SMILES string of the molecule is COc1ccccc1C1CCN(CCn2c(=O)[nH]c3c([nH]c4ccccc43)c2=O)CC1. The highest BCUT2D eigenvalue weighted by Crippen LogP contribution is 2.33. The molecule has 3 heterocycles. The van der Waals surface area contributed by atoms with E-state index in [1.54, 1.807) is 7.11 Å². The van der Waals surface area contributed by atoms with Crippen LogP contribution in [-0.4, -0.2) is 46.2 Å². The summed E-state index contributed by atoms with van der Waals surface area (Å²) >= 11 is 0. The lowest BCUT2D eigenvalue weighted by molar-refractivity contribution is 0.202. The second kappa shape index (κ2) is 8.07. The zero-order valence-electron chi connectivity index (χ0n) is 17.6. The molecule has 1 saturated heterocycles. The molecule has 160 valence electrons. The second-order valence-electron chi connectivity index (χ2n) is 8.17. The minimum atomic E-state index is -0.355. The number of ether oxygens (including phenoxy) is 1. The van der Waals surface area contributed by atoms with E-state index in [9.17, 15) is 9.59 Å². The Balaban J connectivity index is 1.30. The van der Waals surface area contributed by atoms with Gasteiger partial charge in [0.1, 0.15) is 11.3 Å². The van der Waals surface area contributed by atoms with E-state index in [4.69, 9.17) is 4.74 Å². The normalized spacial score (nSPS) is 15.6. The molecule has 31 heavy (non-hydrogen) atoms. The molecule has 0 saturated carbocycles. The first kappa shape index (κ1) is 19.6. The first-order valence-electron chi connectivity index (χ1n) is 10.7. The van der Waals surface area contributed by atoms with E-state index < -0.39 is 0 Å². The molecular weight excluding hydrogens is 392 g/mol. The predicted octanol–water partition coefficient (Wildman–Crippen LogP) is 3.06. The summed E-state index contributed by atoms with van der Waals surface area (Å²) in [5, 5.41) is 0.859. The lowest BCUT2D eigenvalue weighted by atomic mass is 9.89. The zero-order valence-corrected chi connectivity index (χ0v) is 17.6. The van der Waals surface area contributed by atoms with Crippen LogP contribution in [0.4, 0.5) is 0 Å². The van der Waals surface area contributed by atoms with Crippen molar-refractivity contribution in [2.75, 3.05) is 26.7 Å². The van der Waals surface area contributed by atoms with Crippen molar-refractivity contribution in [3.63, 3.8) is 0 Å². The van der Waals surface area contributed by atoms with Crippen molar-refractivity contribution in [3.8, 4) is 5.75 Å². The molecule has 2 aromatic carbocycles. The molecule has 0 aliphatic carbocycles. The van der Waals surface area contributed by atoms with Gasteiger partial charge in [-0.2, -0.15) is 0 Å². The number of aromatic amines is 2. The maximum absolute atomic E-state index is 13.0. The number of aromatic nitrogens is 3. The van der Waals surface area contributed by atoms with Crippen molar-refractivity contribution in [3.05, 3.63) is 74.9 Å². The largest absolute Gasteiger partial charge is 0.496 e. The summed E-state index contributed by atoms with van der Waals surface area (Å²) in [6, 6.07) is 15.8. The van der Waals surface area contributed by atoms with Gasteiger partial charge in [0.05, 0.1) is 12.6 Å². The van der Waals surface area contributed by atoms with E-state index >= 15 is 0 Å². The van der Waals surface area contributed by atoms with Crippen LogP contribution in [0.3, 0.4) is 0 Å². The highest BCUT2D eigenvalue weighted by Gasteiger charge is 2.23. The van der Waals surface area contributed by atoms with E-state index in [1.807, 2.05) is 36.4 Å². The van der Waals surface area contributed by atoms with Crippen molar-refractivity contribution in [1.29, 1.82) is 0 Å². The van der Waals surface area contributed by atoms with Gasteiger partial charge >= 0.3 is 5.69 Å². The molecule has 0 atom stereocenters. The van der Waals surface area contributed by atoms with Gasteiger partial charge in [-0.25, -0.2) is 4.79 Å². The lowest BCUT2D eigenvalue weighted by Crippen LogP contribution is -2.41. The minimum Gasteiger partial charge on any atom is -0.496 e. The van der Waals surface area contributed by atoms with E-state index in [-0.39, 0.29) is 11.2 Å². The average molecular weight is 418 g/mol. The Bertz CT molecular complexity index is 1340. The Morgan fingerprint density at radius 2 is 1.68 bits per heavy atom. The predicted molar refractivity (Wildman–Crippen MR) is 122 cm³/mol. The number of piperidine rings is 1. The van der Waals surface area contributed by atoms with Crippen LogP contribution in [0.15, 0.2) is 58.1 Å². The monoisotopic (exact) mass is 418 g/mol. The summed E-state index contributed by atoms with van der Waals surface area (Å²) in [5.41, 5.74) is 2.53. The Kier molecular flexibility index (Phi) is 5.11. The molecule has 5 rings (SSSR count). The number of likely N-dealkylation sites (tertiary alicyclic amines) is 1. The Morgan fingerprint density at radius 3 is 2.48 bits per heavy atom. The summed E-state index contributed by atoms with van der Waals surface area (Å²) in [5.74, 6) is 1.42. The standard InChI is InChI=1S/C24H26N4O3/c1-31-20-9-5-3-6-17(20)16-10-12-27(13-11-16)14-15-28-23(29)22-21(26-24(28)30)18-7-2-4-8-19(18)25-22/h2-9,16,25H,10-15H2,1H3,(H,26,30). The van der Waals surface area contributed by atoms with Crippen molar-refractivity contribution in [2.45, 2.75) is 25.3 Å². The van der Waals surface area contributed by atoms with Gasteiger partial charge in [-0.15, -0.1) is 0 Å². The molecule has 0 spiro atoms. The second-order valence-corrected chi connectivity index (χ2v) is 8.17. The molecule has 4 aromatic rings. The zero-order chi connectivity index (χ0) is 21.4. The van der Waals surface area contributed by atoms with E-state index in [0.717, 1.165) is 42.6 Å². The van der Waals surface area contributed by atoms with Crippen LogP contribution in [-0.2, 0) is 6.54 Å². The number of rotatable bonds is 5. The highest BCUT2D eigenvalue weighted by atomic mass is 16.5. The maximum atomic E-state index is 13.0. The number of para-hydroxylation sites is 2. The van der Waals surface area contributed by atoms with Crippen molar-refractivity contribution < 1.29 is 4.74 Å². The van der Waals surface area contributed by atoms with Crippen LogP contribution in [0.2, 0.25) is 0 Å². The molecule has 0 radical (unpaired) electrons. The Hall–Kier alpha value is -3.32. The molecule has 0 bridgehead atoms. The van der Waals surface area contributed by atoms with E-state index in [1.165, 1.54) is 10.1 Å². The average Bonchev–Trinajstić information content (AvgIpc) is 3.18.